The van der Waals surface area contributed by atoms with Crippen molar-refractivity contribution in [2.45, 2.75) is 6.92 Å². The normalized spacial score (nSPS) is 11.2. The molecule has 0 bridgehead atoms. The lowest BCUT2D eigenvalue weighted by Crippen LogP contribution is -2.26. The molecule has 2 aromatic carbocycles. The van der Waals surface area contributed by atoms with Gasteiger partial charge < -0.3 is 4.90 Å². The monoisotopic (exact) mass is 251 g/mol. The highest BCUT2D eigenvalue weighted by atomic mass is 16.2. The zero-order chi connectivity index (χ0) is 13.7. The van der Waals surface area contributed by atoms with Gasteiger partial charge in [-0.05, 0) is 30.7 Å². The van der Waals surface area contributed by atoms with E-state index in [9.17, 15) is 4.79 Å². The summed E-state index contributed by atoms with van der Waals surface area (Å²) in [6.45, 7) is 1.84. The predicted octanol–water partition coefficient (Wildman–Crippen LogP) is 3.75. The maximum atomic E-state index is 12.3. The summed E-state index contributed by atoms with van der Waals surface area (Å²) in [6.07, 6.45) is 1.90. The van der Waals surface area contributed by atoms with Crippen LogP contribution in [0.5, 0.6) is 0 Å². The quantitative estimate of drug-likeness (QED) is 0.761. The smallest absolute Gasteiger partial charge is 0.253 e. The Hall–Kier alpha value is -2.35. The Balaban J connectivity index is 2.18. The van der Waals surface area contributed by atoms with Crippen LogP contribution in [0.4, 0.5) is 5.69 Å². The first-order valence-corrected chi connectivity index (χ1v) is 6.25. The molecule has 96 valence electrons. The average molecular weight is 251 g/mol. The Morgan fingerprint density at radius 3 is 2.05 bits per heavy atom. The topological polar surface area (TPSA) is 20.3 Å². The summed E-state index contributed by atoms with van der Waals surface area (Å²) in [5, 5.41) is 0. The summed E-state index contributed by atoms with van der Waals surface area (Å²) in [5.74, 6) is 0.00931. The van der Waals surface area contributed by atoms with Crippen LogP contribution < -0.4 is 4.90 Å². The van der Waals surface area contributed by atoms with Gasteiger partial charge in [-0.2, -0.15) is 0 Å². The molecule has 2 aromatic rings. The number of likely N-dealkylation sites (N-methyl/N-ethyl adjacent to an activating group) is 1. The molecular weight excluding hydrogens is 234 g/mol. The van der Waals surface area contributed by atoms with Crippen molar-refractivity contribution in [3.63, 3.8) is 0 Å². The van der Waals surface area contributed by atoms with E-state index in [0.717, 1.165) is 16.8 Å². The largest absolute Gasteiger partial charge is 0.312 e. The molecule has 0 aromatic heterocycles. The summed E-state index contributed by atoms with van der Waals surface area (Å²) in [6, 6.07) is 19.5. The van der Waals surface area contributed by atoms with Crippen LogP contribution in [0.25, 0.3) is 6.08 Å². The van der Waals surface area contributed by atoms with E-state index in [0.29, 0.717) is 0 Å². The first kappa shape index (κ1) is 13.1. The molecule has 0 N–H and O–H groups in total. The molecule has 0 heterocycles. The Bertz CT molecular complexity index is 573. The van der Waals surface area contributed by atoms with Crippen LogP contribution in [0.1, 0.15) is 12.5 Å². The highest BCUT2D eigenvalue weighted by Gasteiger charge is 2.12. The third-order valence-electron chi connectivity index (χ3n) is 2.97. The lowest BCUT2D eigenvalue weighted by Gasteiger charge is -2.17. The van der Waals surface area contributed by atoms with Gasteiger partial charge in [0.15, 0.2) is 0 Å². The standard InChI is InChI=1S/C17H17NO/c1-14(13-15-9-5-3-6-10-15)17(19)18(2)16-11-7-4-8-12-16/h3-13H,1-2H3/b14-13-. The third kappa shape index (κ3) is 3.32. The molecule has 0 aliphatic rings. The molecule has 2 rings (SSSR count). The Morgan fingerprint density at radius 2 is 1.47 bits per heavy atom. The Kier molecular flexibility index (Phi) is 4.14. The van der Waals surface area contributed by atoms with Gasteiger partial charge in [0, 0.05) is 18.3 Å². The minimum absolute atomic E-state index is 0.00931. The van der Waals surface area contributed by atoms with Gasteiger partial charge in [-0.1, -0.05) is 48.5 Å². The van der Waals surface area contributed by atoms with Crippen molar-refractivity contribution in [3.05, 3.63) is 71.8 Å². The number of hydrogen-bond acceptors (Lipinski definition) is 1. The van der Waals surface area contributed by atoms with Crippen LogP contribution in [-0.4, -0.2) is 13.0 Å². The highest BCUT2D eigenvalue weighted by Crippen LogP contribution is 2.15. The number of para-hydroxylation sites is 1. The van der Waals surface area contributed by atoms with E-state index >= 15 is 0 Å². The lowest BCUT2D eigenvalue weighted by molar-refractivity contribution is -0.114. The summed E-state index contributed by atoms with van der Waals surface area (Å²) in [4.78, 5) is 14.0. The summed E-state index contributed by atoms with van der Waals surface area (Å²) < 4.78 is 0. The van der Waals surface area contributed by atoms with Gasteiger partial charge in [0.25, 0.3) is 5.91 Å². The number of hydrogen-bond donors (Lipinski definition) is 0. The molecule has 0 unspecified atom stereocenters. The van der Waals surface area contributed by atoms with Gasteiger partial charge in [0.1, 0.15) is 0 Å². The molecule has 19 heavy (non-hydrogen) atoms. The summed E-state index contributed by atoms with van der Waals surface area (Å²) in [5.41, 5.74) is 2.65. The fraction of sp³-hybridized carbons (Fsp3) is 0.118. The van der Waals surface area contributed by atoms with Gasteiger partial charge in [-0.25, -0.2) is 0 Å². The predicted molar refractivity (Wildman–Crippen MR) is 79.9 cm³/mol. The van der Waals surface area contributed by atoms with Crippen molar-refractivity contribution < 1.29 is 4.79 Å². The summed E-state index contributed by atoms with van der Waals surface area (Å²) >= 11 is 0. The van der Waals surface area contributed by atoms with Gasteiger partial charge in [-0.3, -0.25) is 4.79 Å². The molecular formula is C17H17NO. The van der Waals surface area contributed by atoms with E-state index in [1.54, 1.807) is 11.9 Å². The molecule has 1 amide bonds. The minimum atomic E-state index is 0.00931. The van der Waals surface area contributed by atoms with Crippen molar-refractivity contribution >= 4 is 17.7 Å². The van der Waals surface area contributed by atoms with Crippen LogP contribution >= 0.6 is 0 Å². The number of amides is 1. The van der Waals surface area contributed by atoms with Gasteiger partial charge >= 0.3 is 0 Å². The van der Waals surface area contributed by atoms with Crippen molar-refractivity contribution in [1.82, 2.24) is 0 Å². The fourth-order valence-electron chi connectivity index (χ4n) is 1.89. The molecule has 0 aliphatic heterocycles. The number of rotatable bonds is 3. The molecule has 0 fully saturated rings. The molecule has 0 aliphatic carbocycles. The zero-order valence-corrected chi connectivity index (χ0v) is 11.2. The van der Waals surface area contributed by atoms with Gasteiger partial charge in [0.05, 0.1) is 0 Å². The number of anilines is 1. The van der Waals surface area contributed by atoms with Crippen LogP contribution in [0.2, 0.25) is 0 Å². The van der Waals surface area contributed by atoms with Crippen molar-refractivity contribution in [2.75, 3.05) is 11.9 Å². The van der Waals surface area contributed by atoms with E-state index in [1.165, 1.54) is 0 Å². The fourth-order valence-corrected chi connectivity index (χ4v) is 1.89. The average Bonchev–Trinajstić information content (AvgIpc) is 2.47. The van der Waals surface area contributed by atoms with E-state index in [1.807, 2.05) is 73.7 Å². The number of nitrogens with zero attached hydrogens (tertiary/aromatic N) is 1. The maximum Gasteiger partial charge on any atom is 0.253 e. The highest BCUT2D eigenvalue weighted by molar-refractivity contribution is 6.07. The van der Waals surface area contributed by atoms with E-state index in [-0.39, 0.29) is 5.91 Å². The van der Waals surface area contributed by atoms with E-state index < -0.39 is 0 Å². The van der Waals surface area contributed by atoms with Crippen LogP contribution in [0.3, 0.4) is 0 Å². The molecule has 0 radical (unpaired) electrons. The summed E-state index contributed by atoms with van der Waals surface area (Å²) in [7, 11) is 1.79. The zero-order valence-electron chi connectivity index (χ0n) is 11.2. The molecule has 2 heteroatoms. The lowest BCUT2D eigenvalue weighted by atomic mass is 10.1. The first-order chi connectivity index (χ1) is 9.18. The third-order valence-corrected chi connectivity index (χ3v) is 2.97. The van der Waals surface area contributed by atoms with Crippen molar-refractivity contribution in [1.29, 1.82) is 0 Å². The molecule has 0 saturated carbocycles. The van der Waals surface area contributed by atoms with Crippen molar-refractivity contribution in [2.24, 2.45) is 0 Å². The molecule has 0 atom stereocenters. The van der Waals surface area contributed by atoms with Crippen LogP contribution in [0, 0.1) is 0 Å². The maximum absolute atomic E-state index is 12.3. The number of benzene rings is 2. The SMILES string of the molecule is C/C(=C/c1ccccc1)C(=O)N(C)c1ccccc1. The van der Waals surface area contributed by atoms with Gasteiger partial charge in [0.2, 0.25) is 0 Å². The van der Waals surface area contributed by atoms with Crippen LogP contribution in [0.15, 0.2) is 66.2 Å². The minimum Gasteiger partial charge on any atom is -0.312 e. The number of carbonyl (C=O) groups is 1. The molecule has 2 nitrogen and oxygen atoms in total. The van der Waals surface area contributed by atoms with Gasteiger partial charge in [-0.15, -0.1) is 0 Å². The second-order valence-electron chi connectivity index (χ2n) is 4.44. The molecule has 0 saturated heterocycles. The number of carbonyl (C=O) groups excluding carboxylic acids is 1. The Labute approximate surface area is 114 Å². The van der Waals surface area contributed by atoms with E-state index in [2.05, 4.69) is 0 Å². The van der Waals surface area contributed by atoms with E-state index in [4.69, 9.17) is 0 Å². The second kappa shape index (κ2) is 6.01. The second-order valence-corrected chi connectivity index (χ2v) is 4.44. The van der Waals surface area contributed by atoms with Crippen LogP contribution in [-0.2, 0) is 4.79 Å². The Morgan fingerprint density at radius 1 is 0.947 bits per heavy atom. The first-order valence-electron chi connectivity index (χ1n) is 6.25. The van der Waals surface area contributed by atoms with Crippen molar-refractivity contribution in [3.8, 4) is 0 Å². The molecule has 0 spiro atoms.